The highest BCUT2D eigenvalue weighted by atomic mass is 16.2. The third-order valence-corrected chi connectivity index (χ3v) is 5.61. The maximum absolute atomic E-state index is 12.7. The fourth-order valence-corrected chi connectivity index (χ4v) is 3.86. The van der Waals surface area contributed by atoms with Crippen molar-refractivity contribution in [2.75, 3.05) is 44.6 Å². The number of aromatic nitrogens is 4. The van der Waals surface area contributed by atoms with Gasteiger partial charge in [0.1, 0.15) is 6.33 Å². The van der Waals surface area contributed by atoms with Crippen molar-refractivity contribution < 1.29 is 9.59 Å². The highest BCUT2D eigenvalue weighted by Gasteiger charge is 2.28. The number of rotatable bonds is 2. The van der Waals surface area contributed by atoms with Crippen molar-refractivity contribution in [2.45, 2.75) is 26.2 Å². The molecule has 3 heterocycles. The molecule has 0 spiro atoms. The highest BCUT2D eigenvalue weighted by molar-refractivity contribution is 5.91. The molecule has 2 fully saturated rings. The Balaban J connectivity index is 1.35. The van der Waals surface area contributed by atoms with Crippen LogP contribution < -0.4 is 5.32 Å². The van der Waals surface area contributed by atoms with Crippen LogP contribution in [0.15, 0.2) is 24.5 Å². The van der Waals surface area contributed by atoms with Crippen LogP contribution in [0.1, 0.15) is 24.8 Å². The van der Waals surface area contributed by atoms with Crippen molar-refractivity contribution in [3.63, 3.8) is 0 Å². The molecule has 154 valence electrons. The van der Waals surface area contributed by atoms with Crippen molar-refractivity contribution in [2.24, 2.45) is 0 Å². The number of nitrogens with one attached hydrogen (secondary N) is 1. The molecule has 1 N–H and O–H groups in total. The van der Waals surface area contributed by atoms with E-state index in [-0.39, 0.29) is 12.1 Å². The van der Waals surface area contributed by atoms with Crippen LogP contribution in [0.4, 0.5) is 15.3 Å². The predicted octanol–water partition coefficient (Wildman–Crippen LogP) is 1.73. The molecule has 0 unspecified atom stereocenters. The lowest BCUT2D eigenvalue weighted by atomic mass is 10.1. The monoisotopic (exact) mass is 398 g/mol. The second kappa shape index (κ2) is 8.46. The largest absolute Gasteiger partial charge is 0.325 e. The molecule has 2 aromatic rings. The first-order valence-electron chi connectivity index (χ1n) is 10.1. The molecule has 0 bridgehead atoms. The summed E-state index contributed by atoms with van der Waals surface area (Å²) in [7, 11) is 0. The van der Waals surface area contributed by atoms with Crippen molar-refractivity contribution in [1.29, 1.82) is 0 Å². The lowest BCUT2D eigenvalue weighted by molar-refractivity contribution is 0.116. The minimum absolute atomic E-state index is 0.106. The quantitative estimate of drug-likeness (QED) is 0.830. The normalized spacial score (nSPS) is 17.3. The number of carbonyl (C=O) groups is 2. The van der Waals surface area contributed by atoms with Crippen molar-refractivity contribution >= 4 is 17.7 Å². The van der Waals surface area contributed by atoms with E-state index >= 15 is 0 Å². The minimum Gasteiger partial charge on any atom is -0.325 e. The number of piperazine rings is 1. The van der Waals surface area contributed by atoms with Crippen LogP contribution in [-0.2, 0) is 0 Å². The molecule has 10 heteroatoms. The Labute approximate surface area is 169 Å². The van der Waals surface area contributed by atoms with E-state index < -0.39 is 0 Å². The molecule has 0 saturated carbocycles. The fraction of sp³-hybridized carbons (Fsp3) is 0.526. The number of piperidine rings is 1. The van der Waals surface area contributed by atoms with Gasteiger partial charge in [-0.1, -0.05) is 6.07 Å². The molecule has 1 aromatic heterocycles. The molecule has 0 aliphatic carbocycles. The van der Waals surface area contributed by atoms with Crippen molar-refractivity contribution in [1.82, 2.24) is 34.9 Å². The van der Waals surface area contributed by atoms with Gasteiger partial charge in [0.05, 0.1) is 5.69 Å². The van der Waals surface area contributed by atoms with E-state index in [1.54, 1.807) is 9.58 Å². The minimum atomic E-state index is -0.160. The van der Waals surface area contributed by atoms with Crippen molar-refractivity contribution in [3.8, 4) is 5.69 Å². The van der Waals surface area contributed by atoms with Gasteiger partial charge in [0, 0.05) is 45.0 Å². The van der Waals surface area contributed by atoms with Crippen LogP contribution >= 0.6 is 0 Å². The second-order valence-corrected chi connectivity index (χ2v) is 7.44. The van der Waals surface area contributed by atoms with Crippen LogP contribution in [-0.4, -0.2) is 86.2 Å². The number of hydrogen-bond donors (Lipinski definition) is 1. The van der Waals surface area contributed by atoms with E-state index in [1.165, 1.54) is 12.7 Å². The van der Waals surface area contributed by atoms with Crippen LogP contribution in [0, 0.1) is 6.92 Å². The number of likely N-dealkylation sites (tertiary alicyclic amines) is 1. The number of carbonyl (C=O) groups excluding carboxylic acids is 2. The Kier molecular flexibility index (Phi) is 5.59. The van der Waals surface area contributed by atoms with E-state index in [0.29, 0.717) is 26.2 Å². The zero-order chi connectivity index (χ0) is 20.2. The van der Waals surface area contributed by atoms with Gasteiger partial charge in [-0.2, -0.15) is 0 Å². The van der Waals surface area contributed by atoms with E-state index in [0.717, 1.165) is 42.9 Å². The Bertz CT molecular complexity index is 855. The van der Waals surface area contributed by atoms with Gasteiger partial charge in [0.25, 0.3) is 0 Å². The average molecular weight is 398 g/mol. The van der Waals surface area contributed by atoms with Gasteiger partial charge in [-0.05, 0) is 54.3 Å². The highest BCUT2D eigenvalue weighted by Crippen LogP contribution is 2.22. The zero-order valence-corrected chi connectivity index (χ0v) is 16.6. The first kappa shape index (κ1) is 19.2. The molecule has 4 rings (SSSR count). The molecule has 0 radical (unpaired) electrons. The summed E-state index contributed by atoms with van der Waals surface area (Å²) in [5.41, 5.74) is 2.41. The molecule has 2 aliphatic rings. The maximum Gasteiger partial charge on any atom is 0.321 e. The molecular weight excluding hydrogens is 372 g/mol. The van der Waals surface area contributed by atoms with Gasteiger partial charge in [0.15, 0.2) is 0 Å². The Morgan fingerprint density at radius 2 is 1.62 bits per heavy atom. The summed E-state index contributed by atoms with van der Waals surface area (Å²) < 4.78 is 1.57. The summed E-state index contributed by atoms with van der Waals surface area (Å²) in [6, 6.07) is 5.56. The van der Waals surface area contributed by atoms with E-state index in [1.807, 2.05) is 34.9 Å². The zero-order valence-electron chi connectivity index (χ0n) is 16.6. The summed E-state index contributed by atoms with van der Waals surface area (Å²) in [6.45, 7) is 5.78. The number of tetrazole rings is 1. The topological polar surface area (TPSA) is 99.5 Å². The Morgan fingerprint density at radius 1 is 0.931 bits per heavy atom. The number of amides is 4. The summed E-state index contributed by atoms with van der Waals surface area (Å²) in [5.74, 6) is 0. The van der Waals surface area contributed by atoms with Crippen LogP contribution in [0.5, 0.6) is 0 Å². The predicted molar refractivity (Wildman–Crippen MR) is 107 cm³/mol. The van der Waals surface area contributed by atoms with Gasteiger partial charge < -0.3 is 20.0 Å². The molecule has 29 heavy (non-hydrogen) atoms. The maximum atomic E-state index is 12.7. The molecular formula is C19H26N8O2. The molecule has 10 nitrogen and oxygen atoms in total. The standard InChI is InChI=1S/C19H26N8O2/c1-15-16(6-5-7-17(15)27-14-20-22-23-27)21-18(28)24-10-12-26(13-11-24)19(29)25-8-3-2-4-9-25/h5-7,14H,2-4,8-13H2,1H3,(H,21,28). The second-order valence-electron chi connectivity index (χ2n) is 7.44. The van der Waals surface area contributed by atoms with Gasteiger partial charge in [0.2, 0.25) is 0 Å². The number of benzene rings is 1. The first-order valence-corrected chi connectivity index (χ1v) is 10.1. The summed E-state index contributed by atoms with van der Waals surface area (Å²) in [6.07, 6.45) is 4.88. The first-order chi connectivity index (χ1) is 14.1. The summed E-state index contributed by atoms with van der Waals surface area (Å²) >= 11 is 0. The van der Waals surface area contributed by atoms with Gasteiger partial charge in [-0.25, -0.2) is 14.3 Å². The Morgan fingerprint density at radius 3 is 2.31 bits per heavy atom. The van der Waals surface area contributed by atoms with Crippen molar-refractivity contribution in [3.05, 3.63) is 30.1 Å². The Hall–Kier alpha value is -3.17. The average Bonchev–Trinajstić information content (AvgIpc) is 3.30. The lowest BCUT2D eigenvalue weighted by Crippen LogP contribution is -2.55. The van der Waals surface area contributed by atoms with E-state index in [9.17, 15) is 9.59 Å². The fourth-order valence-electron chi connectivity index (χ4n) is 3.86. The van der Waals surface area contributed by atoms with Gasteiger partial charge >= 0.3 is 12.1 Å². The van der Waals surface area contributed by atoms with E-state index in [2.05, 4.69) is 20.8 Å². The molecule has 2 saturated heterocycles. The third-order valence-electron chi connectivity index (χ3n) is 5.61. The molecule has 1 aromatic carbocycles. The van der Waals surface area contributed by atoms with Gasteiger partial charge in [-0.15, -0.1) is 5.10 Å². The van der Waals surface area contributed by atoms with E-state index in [4.69, 9.17) is 0 Å². The van der Waals surface area contributed by atoms with Crippen LogP contribution in [0.25, 0.3) is 5.69 Å². The van der Waals surface area contributed by atoms with Crippen LogP contribution in [0.3, 0.4) is 0 Å². The molecule has 2 aliphatic heterocycles. The number of nitrogens with zero attached hydrogens (tertiary/aromatic N) is 7. The number of hydrogen-bond acceptors (Lipinski definition) is 5. The third kappa shape index (κ3) is 4.15. The molecule has 4 amide bonds. The number of urea groups is 2. The lowest BCUT2D eigenvalue weighted by Gasteiger charge is -2.38. The van der Waals surface area contributed by atoms with Crippen LogP contribution in [0.2, 0.25) is 0 Å². The van der Waals surface area contributed by atoms with Gasteiger partial charge in [-0.3, -0.25) is 0 Å². The SMILES string of the molecule is Cc1c(NC(=O)N2CCN(C(=O)N3CCCCC3)CC2)cccc1-n1cnnn1. The molecule has 0 atom stereocenters. The smallest absolute Gasteiger partial charge is 0.321 e. The summed E-state index contributed by atoms with van der Waals surface area (Å²) in [5, 5.41) is 14.2. The number of anilines is 1. The summed E-state index contributed by atoms with van der Waals surface area (Å²) in [4.78, 5) is 30.9.